The molecule has 3 nitrogen and oxygen atoms in total. The molecule has 3 heteroatoms. The Hall–Kier alpha value is -1.77. The topological polar surface area (TPSA) is 42.9 Å². The van der Waals surface area contributed by atoms with Crippen molar-refractivity contribution in [1.29, 1.82) is 0 Å². The zero-order chi connectivity index (χ0) is 11.4. The van der Waals surface area contributed by atoms with Gasteiger partial charge in [-0.1, -0.05) is 25.1 Å². The van der Waals surface area contributed by atoms with E-state index in [1.165, 1.54) is 0 Å². The lowest BCUT2D eigenvalue weighted by Gasteiger charge is -2.03. The van der Waals surface area contributed by atoms with Crippen molar-refractivity contribution in [2.24, 2.45) is 0 Å². The highest BCUT2D eigenvalue weighted by Crippen LogP contribution is 2.16. The number of nitrogens with zero attached hydrogens (tertiary/aromatic N) is 2. The largest absolute Gasteiger partial charge is 0.299 e. The number of hydrogen-bond acceptors (Lipinski definition) is 3. The summed E-state index contributed by atoms with van der Waals surface area (Å²) >= 11 is 0. The van der Waals surface area contributed by atoms with E-state index < -0.39 is 0 Å². The Morgan fingerprint density at radius 1 is 1.31 bits per heavy atom. The van der Waals surface area contributed by atoms with Crippen molar-refractivity contribution in [2.45, 2.75) is 26.2 Å². The Labute approximate surface area is 94.5 Å². The maximum atomic E-state index is 11.6. The molecule has 0 amide bonds. The molecule has 1 aromatic heterocycles. The van der Waals surface area contributed by atoms with Crippen molar-refractivity contribution in [2.75, 3.05) is 0 Å². The molecule has 0 saturated carbocycles. The van der Waals surface area contributed by atoms with Crippen molar-refractivity contribution < 1.29 is 4.79 Å². The lowest BCUT2D eigenvalue weighted by atomic mass is 10.0. The molecule has 2 aromatic rings. The molecule has 0 spiro atoms. The van der Waals surface area contributed by atoms with Gasteiger partial charge in [0.1, 0.15) is 5.78 Å². The van der Waals surface area contributed by atoms with Gasteiger partial charge in [0.15, 0.2) is 0 Å². The second-order valence-electron chi connectivity index (χ2n) is 3.85. The lowest BCUT2D eigenvalue weighted by molar-refractivity contribution is -0.118. The smallest absolute Gasteiger partial charge is 0.137 e. The lowest BCUT2D eigenvalue weighted by Crippen LogP contribution is -2.03. The van der Waals surface area contributed by atoms with Crippen LogP contribution in [0.25, 0.3) is 10.9 Å². The van der Waals surface area contributed by atoms with Crippen LogP contribution in [0.4, 0.5) is 0 Å². The first-order valence-electron chi connectivity index (χ1n) is 5.52. The van der Waals surface area contributed by atoms with E-state index in [1.54, 1.807) is 6.20 Å². The highest BCUT2D eigenvalue weighted by atomic mass is 16.1. The van der Waals surface area contributed by atoms with Crippen LogP contribution in [-0.2, 0) is 11.2 Å². The monoisotopic (exact) mass is 214 g/mol. The fraction of sp³-hybridized carbons (Fsp3) is 0.308. The summed E-state index contributed by atoms with van der Waals surface area (Å²) in [7, 11) is 0. The molecule has 82 valence electrons. The summed E-state index contributed by atoms with van der Waals surface area (Å²) in [5.41, 5.74) is 1.83. The molecular formula is C13H14N2O. The minimum Gasteiger partial charge on any atom is -0.299 e. The van der Waals surface area contributed by atoms with E-state index in [0.29, 0.717) is 12.8 Å². The zero-order valence-electron chi connectivity index (χ0n) is 9.31. The quantitative estimate of drug-likeness (QED) is 0.785. The van der Waals surface area contributed by atoms with Crippen LogP contribution >= 0.6 is 0 Å². The highest BCUT2D eigenvalue weighted by molar-refractivity contribution is 5.88. The van der Waals surface area contributed by atoms with Crippen LogP contribution in [0.3, 0.4) is 0 Å². The number of benzene rings is 1. The van der Waals surface area contributed by atoms with Gasteiger partial charge in [-0.2, -0.15) is 10.2 Å². The summed E-state index contributed by atoms with van der Waals surface area (Å²) in [6.45, 7) is 2.01. The summed E-state index contributed by atoms with van der Waals surface area (Å²) in [5.74, 6) is 0.264. The first kappa shape index (κ1) is 10.7. The number of carbonyl (C=O) groups is 1. The van der Waals surface area contributed by atoms with Crippen LogP contribution in [0, 0.1) is 0 Å². The number of carbonyl (C=O) groups excluding carboxylic acids is 1. The molecule has 2 rings (SSSR count). The van der Waals surface area contributed by atoms with Crippen LogP contribution in [0.15, 0.2) is 30.5 Å². The standard InChI is InChI=1S/C13H14N2O/c1-2-5-11(16)8-10-9-14-15-13-7-4-3-6-12(10)13/h3-4,6-7,9H,2,5,8H2,1H3. The van der Waals surface area contributed by atoms with Crippen molar-refractivity contribution in [3.8, 4) is 0 Å². The van der Waals surface area contributed by atoms with Gasteiger partial charge >= 0.3 is 0 Å². The first-order valence-corrected chi connectivity index (χ1v) is 5.52. The minimum absolute atomic E-state index is 0.264. The van der Waals surface area contributed by atoms with E-state index in [1.807, 2.05) is 31.2 Å². The molecule has 0 aliphatic heterocycles. The van der Waals surface area contributed by atoms with Crippen molar-refractivity contribution in [3.05, 3.63) is 36.0 Å². The number of rotatable bonds is 4. The molecule has 0 aliphatic rings. The maximum Gasteiger partial charge on any atom is 0.137 e. The summed E-state index contributed by atoms with van der Waals surface area (Å²) in [6, 6.07) is 7.78. The first-order chi connectivity index (χ1) is 7.81. The fourth-order valence-corrected chi connectivity index (χ4v) is 1.78. The van der Waals surface area contributed by atoms with Gasteiger partial charge in [0.25, 0.3) is 0 Å². The highest BCUT2D eigenvalue weighted by Gasteiger charge is 2.07. The van der Waals surface area contributed by atoms with Gasteiger partial charge in [-0.15, -0.1) is 0 Å². The zero-order valence-corrected chi connectivity index (χ0v) is 9.31. The summed E-state index contributed by atoms with van der Waals surface area (Å²) in [6.07, 6.45) is 3.69. The second kappa shape index (κ2) is 4.84. The number of hydrogen-bond donors (Lipinski definition) is 0. The van der Waals surface area contributed by atoms with Gasteiger partial charge in [-0.25, -0.2) is 0 Å². The summed E-state index contributed by atoms with van der Waals surface area (Å²) in [4.78, 5) is 11.6. The van der Waals surface area contributed by atoms with Gasteiger partial charge in [-0.05, 0) is 18.1 Å². The van der Waals surface area contributed by atoms with E-state index in [2.05, 4.69) is 10.2 Å². The van der Waals surface area contributed by atoms with Crippen LogP contribution in [0.5, 0.6) is 0 Å². The molecule has 0 unspecified atom stereocenters. The SMILES string of the molecule is CCCC(=O)Cc1cnnc2ccccc12. The Bertz CT molecular complexity index is 503. The van der Waals surface area contributed by atoms with E-state index >= 15 is 0 Å². The van der Waals surface area contributed by atoms with Crippen molar-refractivity contribution in [3.63, 3.8) is 0 Å². The average molecular weight is 214 g/mol. The van der Waals surface area contributed by atoms with Crippen LogP contribution in [0.2, 0.25) is 0 Å². The van der Waals surface area contributed by atoms with Gasteiger partial charge in [-0.3, -0.25) is 4.79 Å². The molecule has 0 fully saturated rings. The molecule has 0 N–H and O–H groups in total. The van der Waals surface area contributed by atoms with Gasteiger partial charge in [0, 0.05) is 18.2 Å². The number of aromatic nitrogens is 2. The predicted octanol–water partition coefficient (Wildman–Crippen LogP) is 2.54. The molecule has 0 atom stereocenters. The molecule has 1 aromatic carbocycles. The number of ketones is 1. The third-order valence-electron chi connectivity index (χ3n) is 2.55. The Morgan fingerprint density at radius 3 is 2.94 bits per heavy atom. The maximum absolute atomic E-state index is 11.6. The fourth-order valence-electron chi connectivity index (χ4n) is 1.78. The molecule has 1 heterocycles. The van der Waals surface area contributed by atoms with Crippen LogP contribution in [-0.4, -0.2) is 16.0 Å². The predicted molar refractivity (Wildman–Crippen MR) is 63.2 cm³/mol. The Kier molecular flexibility index (Phi) is 3.25. The number of Topliss-reactive ketones (excluding diaryl/α,β-unsaturated/α-hetero) is 1. The Balaban J connectivity index is 2.33. The molecule has 0 saturated heterocycles. The van der Waals surface area contributed by atoms with E-state index in [0.717, 1.165) is 22.9 Å². The van der Waals surface area contributed by atoms with Crippen LogP contribution in [0.1, 0.15) is 25.3 Å². The van der Waals surface area contributed by atoms with Crippen LogP contribution < -0.4 is 0 Å². The molecule has 0 radical (unpaired) electrons. The van der Waals surface area contributed by atoms with Gasteiger partial charge < -0.3 is 0 Å². The third-order valence-corrected chi connectivity index (χ3v) is 2.55. The minimum atomic E-state index is 0.264. The normalized spacial score (nSPS) is 10.6. The molecular weight excluding hydrogens is 200 g/mol. The van der Waals surface area contributed by atoms with Crippen molar-refractivity contribution in [1.82, 2.24) is 10.2 Å². The van der Waals surface area contributed by atoms with Crippen molar-refractivity contribution >= 4 is 16.7 Å². The second-order valence-corrected chi connectivity index (χ2v) is 3.85. The van der Waals surface area contributed by atoms with E-state index in [-0.39, 0.29) is 5.78 Å². The summed E-state index contributed by atoms with van der Waals surface area (Å²) in [5, 5.41) is 8.99. The van der Waals surface area contributed by atoms with E-state index in [4.69, 9.17) is 0 Å². The molecule has 16 heavy (non-hydrogen) atoms. The Morgan fingerprint density at radius 2 is 2.12 bits per heavy atom. The van der Waals surface area contributed by atoms with E-state index in [9.17, 15) is 4.79 Å². The molecule has 0 bridgehead atoms. The number of fused-ring (bicyclic) bond motifs is 1. The third kappa shape index (κ3) is 2.24. The van der Waals surface area contributed by atoms with Gasteiger partial charge in [0.05, 0.1) is 11.7 Å². The summed E-state index contributed by atoms with van der Waals surface area (Å²) < 4.78 is 0. The van der Waals surface area contributed by atoms with Gasteiger partial charge in [0.2, 0.25) is 0 Å². The molecule has 0 aliphatic carbocycles. The average Bonchev–Trinajstić information content (AvgIpc) is 2.30.